The summed E-state index contributed by atoms with van der Waals surface area (Å²) < 4.78 is 11.2. The van der Waals surface area contributed by atoms with Gasteiger partial charge in [0.2, 0.25) is 11.8 Å². The van der Waals surface area contributed by atoms with Gasteiger partial charge in [0.1, 0.15) is 6.10 Å². The lowest BCUT2D eigenvalue weighted by atomic mass is 10.0. The molecule has 2 aliphatic rings. The maximum Gasteiger partial charge on any atom is 0.245 e. The van der Waals surface area contributed by atoms with E-state index in [1.165, 1.54) is 12.8 Å². The molecule has 1 aliphatic heterocycles. The number of aromatic nitrogens is 2. The van der Waals surface area contributed by atoms with Gasteiger partial charge in [-0.2, -0.15) is 0 Å². The molecule has 2 heterocycles. The third kappa shape index (κ3) is 2.10. The molecule has 1 aliphatic carbocycles. The average molecular weight is 223 g/mol. The Balaban J connectivity index is 1.62. The quantitative estimate of drug-likeness (QED) is 0.836. The van der Waals surface area contributed by atoms with Crippen molar-refractivity contribution in [3.63, 3.8) is 0 Å². The van der Waals surface area contributed by atoms with Crippen LogP contribution in [0.1, 0.15) is 44.1 Å². The topological polar surface area (TPSA) is 60.2 Å². The Bertz CT molecular complexity index is 362. The molecule has 1 saturated heterocycles. The molecule has 0 spiro atoms. The van der Waals surface area contributed by atoms with E-state index in [0.29, 0.717) is 30.3 Å². The van der Waals surface area contributed by atoms with E-state index < -0.39 is 0 Å². The fraction of sp³-hybridized carbons (Fsp3) is 0.818. The molecule has 0 aromatic carbocycles. The maximum absolute atomic E-state index is 5.61. The second kappa shape index (κ2) is 4.14. The Kier molecular flexibility index (Phi) is 2.65. The monoisotopic (exact) mass is 223 g/mol. The average Bonchev–Trinajstić information content (AvgIpc) is 2.82. The first-order valence-electron chi connectivity index (χ1n) is 6.00. The third-order valence-electron chi connectivity index (χ3n) is 3.23. The molecular formula is C11H17N3O2. The number of ether oxygens (including phenoxy) is 1. The van der Waals surface area contributed by atoms with E-state index in [4.69, 9.17) is 9.15 Å². The molecule has 0 bridgehead atoms. The van der Waals surface area contributed by atoms with Crippen LogP contribution in [-0.2, 0) is 11.3 Å². The summed E-state index contributed by atoms with van der Waals surface area (Å²) in [6.07, 6.45) is 3.61. The molecule has 88 valence electrons. The summed E-state index contributed by atoms with van der Waals surface area (Å²) >= 11 is 0. The minimum absolute atomic E-state index is 0.00201. The first-order chi connectivity index (χ1) is 7.83. The van der Waals surface area contributed by atoms with Gasteiger partial charge in [-0.05, 0) is 25.2 Å². The Morgan fingerprint density at radius 2 is 2.19 bits per heavy atom. The van der Waals surface area contributed by atoms with Crippen LogP contribution in [0.5, 0.6) is 0 Å². The lowest BCUT2D eigenvalue weighted by Gasteiger charge is -2.08. The molecule has 0 radical (unpaired) electrons. The molecule has 2 atom stereocenters. The standard InChI is InChI=1S/C11H17N3O2/c1-7-4-5-15-10(7)11-14-13-9(16-11)6-12-8-2-3-8/h7-8,10,12H,2-6H2,1H3. The molecule has 1 saturated carbocycles. The van der Waals surface area contributed by atoms with E-state index in [9.17, 15) is 0 Å². The summed E-state index contributed by atoms with van der Waals surface area (Å²) in [6.45, 7) is 3.63. The Hall–Kier alpha value is -0.940. The van der Waals surface area contributed by atoms with Crippen LogP contribution < -0.4 is 5.32 Å². The zero-order chi connectivity index (χ0) is 11.0. The first-order valence-corrected chi connectivity index (χ1v) is 6.00. The van der Waals surface area contributed by atoms with E-state index >= 15 is 0 Å². The van der Waals surface area contributed by atoms with Gasteiger partial charge >= 0.3 is 0 Å². The summed E-state index contributed by atoms with van der Waals surface area (Å²) in [6, 6.07) is 0.664. The highest BCUT2D eigenvalue weighted by Gasteiger charge is 2.30. The highest BCUT2D eigenvalue weighted by atomic mass is 16.5. The lowest BCUT2D eigenvalue weighted by Crippen LogP contribution is -2.15. The van der Waals surface area contributed by atoms with Gasteiger partial charge in [0.05, 0.1) is 6.54 Å². The van der Waals surface area contributed by atoms with Crippen molar-refractivity contribution in [1.82, 2.24) is 15.5 Å². The predicted molar refractivity (Wildman–Crippen MR) is 56.6 cm³/mol. The SMILES string of the molecule is CC1CCOC1c1nnc(CNC2CC2)o1. The molecule has 2 unspecified atom stereocenters. The van der Waals surface area contributed by atoms with Gasteiger partial charge in [-0.3, -0.25) is 0 Å². The second-order valence-electron chi connectivity index (χ2n) is 4.75. The Labute approximate surface area is 94.6 Å². The van der Waals surface area contributed by atoms with E-state index in [2.05, 4.69) is 22.4 Å². The van der Waals surface area contributed by atoms with E-state index in [0.717, 1.165) is 13.0 Å². The predicted octanol–water partition coefficient (Wildman–Crippen LogP) is 1.42. The van der Waals surface area contributed by atoms with Crippen molar-refractivity contribution < 1.29 is 9.15 Å². The summed E-state index contributed by atoms with van der Waals surface area (Å²) in [5.74, 6) is 1.78. The summed E-state index contributed by atoms with van der Waals surface area (Å²) in [7, 11) is 0. The molecule has 0 amide bonds. The van der Waals surface area contributed by atoms with Gasteiger partial charge < -0.3 is 14.5 Å². The van der Waals surface area contributed by atoms with Crippen molar-refractivity contribution in [3.05, 3.63) is 11.8 Å². The number of hydrogen-bond acceptors (Lipinski definition) is 5. The van der Waals surface area contributed by atoms with E-state index in [1.54, 1.807) is 0 Å². The molecule has 3 rings (SSSR count). The van der Waals surface area contributed by atoms with Crippen LogP contribution in [0.15, 0.2) is 4.42 Å². The molecule has 1 aromatic rings. The van der Waals surface area contributed by atoms with Crippen molar-refractivity contribution in [3.8, 4) is 0 Å². The summed E-state index contributed by atoms with van der Waals surface area (Å²) in [4.78, 5) is 0. The van der Waals surface area contributed by atoms with Crippen LogP contribution in [0.4, 0.5) is 0 Å². The van der Waals surface area contributed by atoms with E-state index in [1.807, 2.05) is 0 Å². The van der Waals surface area contributed by atoms with Gasteiger partial charge in [-0.25, -0.2) is 0 Å². The number of nitrogens with one attached hydrogen (secondary N) is 1. The molecule has 1 N–H and O–H groups in total. The van der Waals surface area contributed by atoms with Crippen molar-refractivity contribution in [2.24, 2.45) is 5.92 Å². The fourth-order valence-electron chi connectivity index (χ4n) is 1.98. The Morgan fingerprint density at radius 1 is 1.31 bits per heavy atom. The molecular weight excluding hydrogens is 206 g/mol. The zero-order valence-electron chi connectivity index (χ0n) is 9.48. The Morgan fingerprint density at radius 3 is 2.88 bits per heavy atom. The van der Waals surface area contributed by atoms with Crippen molar-refractivity contribution >= 4 is 0 Å². The van der Waals surface area contributed by atoms with Gasteiger partial charge in [-0.15, -0.1) is 10.2 Å². The van der Waals surface area contributed by atoms with Crippen LogP contribution >= 0.6 is 0 Å². The number of hydrogen-bond donors (Lipinski definition) is 1. The molecule has 2 fully saturated rings. The lowest BCUT2D eigenvalue weighted by molar-refractivity contribution is 0.0703. The fourth-order valence-corrected chi connectivity index (χ4v) is 1.98. The van der Waals surface area contributed by atoms with E-state index in [-0.39, 0.29) is 6.10 Å². The highest BCUT2D eigenvalue weighted by Crippen LogP contribution is 2.33. The van der Waals surface area contributed by atoms with Crippen molar-refractivity contribution in [2.45, 2.75) is 44.9 Å². The third-order valence-corrected chi connectivity index (χ3v) is 3.23. The molecule has 16 heavy (non-hydrogen) atoms. The summed E-state index contributed by atoms with van der Waals surface area (Å²) in [5.41, 5.74) is 0. The second-order valence-corrected chi connectivity index (χ2v) is 4.75. The normalized spacial score (nSPS) is 29.8. The van der Waals surface area contributed by atoms with Crippen LogP contribution in [0.25, 0.3) is 0 Å². The number of rotatable bonds is 4. The smallest absolute Gasteiger partial charge is 0.245 e. The van der Waals surface area contributed by atoms with Crippen LogP contribution in [0.3, 0.4) is 0 Å². The molecule has 1 aromatic heterocycles. The zero-order valence-corrected chi connectivity index (χ0v) is 9.48. The van der Waals surface area contributed by atoms with Gasteiger partial charge in [0, 0.05) is 12.6 Å². The minimum atomic E-state index is 0.00201. The highest BCUT2D eigenvalue weighted by molar-refractivity contribution is 4.92. The van der Waals surface area contributed by atoms with Crippen LogP contribution in [0, 0.1) is 5.92 Å². The van der Waals surface area contributed by atoms with Crippen LogP contribution in [-0.4, -0.2) is 22.8 Å². The summed E-state index contributed by atoms with van der Waals surface area (Å²) in [5, 5.41) is 11.5. The van der Waals surface area contributed by atoms with Gasteiger partial charge in [-0.1, -0.05) is 6.92 Å². The number of nitrogens with zero attached hydrogens (tertiary/aromatic N) is 2. The largest absolute Gasteiger partial charge is 0.421 e. The van der Waals surface area contributed by atoms with Crippen LogP contribution in [0.2, 0.25) is 0 Å². The van der Waals surface area contributed by atoms with Gasteiger partial charge in [0.25, 0.3) is 0 Å². The minimum Gasteiger partial charge on any atom is -0.421 e. The first kappa shape index (κ1) is 10.2. The molecule has 5 heteroatoms. The van der Waals surface area contributed by atoms with Gasteiger partial charge in [0.15, 0.2) is 0 Å². The maximum atomic E-state index is 5.61. The van der Waals surface area contributed by atoms with Crippen molar-refractivity contribution in [1.29, 1.82) is 0 Å². The van der Waals surface area contributed by atoms with Crippen molar-refractivity contribution in [2.75, 3.05) is 6.61 Å². The molecule has 5 nitrogen and oxygen atoms in total.